The van der Waals surface area contributed by atoms with Gasteiger partial charge in [-0.3, -0.25) is 5.32 Å². The van der Waals surface area contributed by atoms with Crippen LogP contribution in [-0.4, -0.2) is 50.4 Å². The number of esters is 1. The second-order valence-electron chi connectivity index (χ2n) is 10.9. The van der Waals surface area contributed by atoms with E-state index in [1.54, 1.807) is 6.07 Å². The summed E-state index contributed by atoms with van der Waals surface area (Å²) in [6.45, 7) is 11.0. The molecular weight excluding hydrogens is 478 g/mol. The molecule has 1 aliphatic carbocycles. The largest absolute Gasteiger partial charge is 0.456 e. The van der Waals surface area contributed by atoms with Crippen LogP contribution < -0.4 is 15.5 Å². The quantitative estimate of drug-likeness (QED) is 0.425. The molecule has 1 aliphatic heterocycles. The summed E-state index contributed by atoms with van der Waals surface area (Å²) in [4.78, 5) is 28.3. The molecule has 198 valence electrons. The second kappa shape index (κ2) is 10.5. The first-order chi connectivity index (χ1) is 18.2. The van der Waals surface area contributed by atoms with Crippen molar-refractivity contribution in [3.05, 3.63) is 82.9 Å². The van der Waals surface area contributed by atoms with Crippen LogP contribution in [-0.2, 0) is 9.47 Å². The number of piperazine rings is 1. The molecule has 1 fully saturated rings. The van der Waals surface area contributed by atoms with Crippen LogP contribution in [0.4, 0.5) is 16.2 Å². The lowest BCUT2D eigenvalue weighted by Crippen LogP contribution is -2.44. The van der Waals surface area contributed by atoms with E-state index >= 15 is 0 Å². The Morgan fingerprint density at radius 2 is 1.58 bits per heavy atom. The third kappa shape index (κ3) is 5.38. The fourth-order valence-corrected chi connectivity index (χ4v) is 5.26. The molecule has 7 heteroatoms. The third-order valence-electron chi connectivity index (χ3n) is 7.05. The van der Waals surface area contributed by atoms with Crippen molar-refractivity contribution in [3.8, 4) is 11.1 Å². The van der Waals surface area contributed by atoms with Crippen LogP contribution in [0.2, 0.25) is 0 Å². The molecule has 3 aromatic rings. The zero-order chi connectivity index (χ0) is 26.9. The zero-order valence-corrected chi connectivity index (χ0v) is 22.5. The van der Waals surface area contributed by atoms with E-state index in [9.17, 15) is 9.59 Å². The number of ether oxygens (including phenoxy) is 2. The van der Waals surface area contributed by atoms with Crippen molar-refractivity contribution in [3.63, 3.8) is 0 Å². The van der Waals surface area contributed by atoms with Crippen LogP contribution in [0.1, 0.15) is 53.7 Å². The lowest BCUT2D eigenvalue weighted by molar-refractivity contribution is 0.00694. The zero-order valence-electron chi connectivity index (χ0n) is 22.5. The van der Waals surface area contributed by atoms with E-state index in [2.05, 4.69) is 39.8 Å². The standard InChI is InChI=1S/C31H35N3O4/c1-20-27(17-21(29(35)38-31(2,3)4)18-28(20)34-15-13-32-14-16-34)33-30(36)37-19-26-24-11-7-5-9-22(24)23-10-6-8-12-25(23)26/h5-12,17-18,26,32H,13-16,19H2,1-4H3,(H,33,36). The molecule has 1 amide bonds. The minimum Gasteiger partial charge on any atom is -0.456 e. The van der Waals surface area contributed by atoms with Gasteiger partial charge in [-0.25, -0.2) is 9.59 Å². The van der Waals surface area contributed by atoms with Gasteiger partial charge in [0.15, 0.2) is 0 Å². The summed E-state index contributed by atoms with van der Waals surface area (Å²) in [7, 11) is 0. The van der Waals surface area contributed by atoms with E-state index in [-0.39, 0.29) is 12.5 Å². The minimum atomic E-state index is -0.627. The number of nitrogens with one attached hydrogen (secondary N) is 2. The Balaban J connectivity index is 1.37. The molecule has 3 aromatic carbocycles. The number of hydrogen-bond donors (Lipinski definition) is 2. The van der Waals surface area contributed by atoms with Crippen molar-refractivity contribution in [1.82, 2.24) is 5.32 Å². The summed E-state index contributed by atoms with van der Waals surface area (Å²) in [6, 6.07) is 20.0. The second-order valence-corrected chi connectivity index (χ2v) is 10.9. The first kappa shape index (κ1) is 25.8. The van der Waals surface area contributed by atoms with Crippen LogP contribution in [0.25, 0.3) is 11.1 Å². The van der Waals surface area contributed by atoms with E-state index in [1.807, 2.05) is 58.0 Å². The van der Waals surface area contributed by atoms with Crippen molar-refractivity contribution in [2.75, 3.05) is 43.0 Å². The summed E-state index contributed by atoms with van der Waals surface area (Å²) in [5.41, 5.74) is 6.77. The lowest BCUT2D eigenvalue weighted by Gasteiger charge is -2.32. The van der Waals surface area contributed by atoms with Gasteiger partial charge in [0.2, 0.25) is 0 Å². The minimum absolute atomic E-state index is 0.0289. The third-order valence-corrected chi connectivity index (χ3v) is 7.05. The van der Waals surface area contributed by atoms with Crippen LogP contribution in [0.5, 0.6) is 0 Å². The Morgan fingerprint density at radius 1 is 0.974 bits per heavy atom. The number of hydrogen-bond acceptors (Lipinski definition) is 6. The molecule has 0 radical (unpaired) electrons. The summed E-state index contributed by atoms with van der Waals surface area (Å²) in [5, 5.41) is 6.26. The molecule has 0 atom stereocenters. The first-order valence-electron chi connectivity index (χ1n) is 13.2. The van der Waals surface area contributed by atoms with Crippen molar-refractivity contribution in [1.29, 1.82) is 0 Å². The highest BCUT2D eigenvalue weighted by atomic mass is 16.6. The summed E-state index contributed by atoms with van der Waals surface area (Å²) in [5.74, 6) is -0.455. The number of rotatable bonds is 5. The van der Waals surface area contributed by atoms with Crippen LogP contribution in [0.15, 0.2) is 60.7 Å². The lowest BCUT2D eigenvalue weighted by atomic mass is 9.98. The number of nitrogens with zero attached hydrogens (tertiary/aromatic N) is 1. The molecule has 1 saturated heterocycles. The Morgan fingerprint density at radius 3 is 2.18 bits per heavy atom. The van der Waals surface area contributed by atoms with Crippen molar-refractivity contribution >= 4 is 23.4 Å². The van der Waals surface area contributed by atoms with Crippen molar-refractivity contribution < 1.29 is 19.1 Å². The maximum absolute atomic E-state index is 13.1. The van der Waals surface area contributed by atoms with Crippen molar-refractivity contribution in [2.45, 2.75) is 39.2 Å². The molecule has 2 aliphatic rings. The number of amides is 1. The molecule has 5 rings (SSSR count). The molecule has 7 nitrogen and oxygen atoms in total. The maximum atomic E-state index is 13.1. The molecule has 0 bridgehead atoms. The Kier molecular flexibility index (Phi) is 7.13. The van der Waals surface area contributed by atoms with Gasteiger partial charge in [-0.15, -0.1) is 0 Å². The molecular formula is C31H35N3O4. The van der Waals surface area contributed by atoms with Gasteiger partial charge in [0.25, 0.3) is 0 Å². The van der Waals surface area contributed by atoms with Crippen LogP contribution in [0, 0.1) is 6.92 Å². The van der Waals surface area contributed by atoms with Gasteiger partial charge in [0.05, 0.1) is 5.56 Å². The number of carbonyl (C=O) groups is 2. The monoisotopic (exact) mass is 513 g/mol. The normalized spacial score (nSPS) is 15.0. The van der Waals surface area contributed by atoms with Gasteiger partial charge < -0.3 is 19.7 Å². The molecule has 1 heterocycles. The van der Waals surface area contributed by atoms with Gasteiger partial charge in [-0.1, -0.05) is 48.5 Å². The molecule has 38 heavy (non-hydrogen) atoms. The summed E-state index contributed by atoms with van der Waals surface area (Å²) >= 11 is 0. The summed E-state index contributed by atoms with van der Waals surface area (Å²) in [6.07, 6.45) is -0.553. The molecule has 0 spiro atoms. The Bertz CT molecular complexity index is 1310. The van der Waals surface area contributed by atoms with E-state index in [1.165, 1.54) is 11.1 Å². The highest BCUT2D eigenvalue weighted by molar-refractivity contribution is 5.96. The van der Waals surface area contributed by atoms with E-state index < -0.39 is 17.7 Å². The smallest absolute Gasteiger partial charge is 0.411 e. The SMILES string of the molecule is Cc1c(NC(=O)OCC2c3ccccc3-c3ccccc32)cc(C(=O)OC(C)(C)C)cc1N1CCNCC1. The average Bonchev–Trinajstić information content (AvgIpc) is 3.22. The highest BCUT2D eigenvalue weighted by Gasteiger charge is 2.29. The average molecular weight is 514 g/mol. The van der Waals surface area contributed by atoms with Crippen LogP contribution >= 0.6 is 0 Å². The predicted octanol–water partition coefficient (Wildman–Crippen LogP) is 5.72. The molecule has 0 aromatic heterocycles. The van der Waals surface area contributed by atoms with E-state index in [0.717, 1.165) is 48.6 Å². The number of fused-ring (bicyclic) bond motifs is 3. The first-order valence-corrected chi connectivity index (χ1v) is 13.2. The van der Waals surface area contributed by atoms with E-state index in [0.29, 0.717) is 11.3 Å². The number of benzene rings is 3. The van der Waals surface area contributed by atoms with Gasteiger partial charge in [0.1, 0.15) is 12.2 Å². The van der Waals surface area contributed by atoms with Gasteiger partial charge in [-0.05, 0) is 67.6 Å². The Hall–Kier alpha value is -3.84. The van der Waals surface area contributed by atoms with Gasteiger partial charge >= 0.3 is 12.1 Å². The summed E-state index contributed by atoms with van der Waals surface area (Å²) < 4.78 is 11.4. The van der Waals surface area contributed by atoms with Crippen molar-refractivity contribution in [2.24, 2.45) is 0 Å². The predicted molar refractivity (Wildman–Crippen MR) is 150 cm³/mol. The fourth-order valence-electron chi connectivity index (χ4n) is 5.26. The highest BCUT2D eigenvalue weighted by Crippen LogP contribution is 2.44. The maximum Gasteiger partial charge on any atom is 0.411 e. The molecule has 0 unspecified atom stereocenters. The number of carbonyl (C=O) groups excluding carboxylic acids is 2. The number of anilines is 2. The van der Waals surface area contributed by atoms with Crippen LogP contribution in [0.3, 0.4) is 0 Å². The Labute approximate surface area is 224 Å². The topological polar surface area (TPSA) is 79.9 Å². The molecule has 0 saturated carbocycles. The fraction of sp³-hybridized carbons (Fsp3) is 0.355. The van der Waals surface area contributed by atoms with Gasteiger partial charge in [-0.2, -0.15) is 0 Å². The van der Waals surface area contributed by atoms with E-state index in [4.69, 9.17) is 9.47 Å². The van der Waals surface area contributed by atoms with Gasteiger partial charge in [0, 0.05) is 43.5 Å². The molecule has 2 N–H and O–H groups in total.